The van der Waals surface area contributed by atoms with Gasteiger partial charge in [0, 0.05) is 32.1 Å². The minimum Gasteiger partial charge on any atom is -0.481 e. The third kappa shape index (κ3) is 3.57. The van der Waals surface area contributed by atoms with Gasteiger partial charge in [-0.2, -0.15) is 0 Å². The molecule has 2 aliphatic rings. The molecule has 1 aromatic carbocycles. The highest BCUT2D eigenvalue weighted by atomic mass is 16.4. The lowest BCUT2D eigenvalue weighted by Crippen LogP contribution is -2.56. The van der Waals surface area contributed by atoms with E-state index in [0.717, 1.165) is 6.42 Å². The summed E-state index contributed by atoms with van der Waals surface area (Å²) in [5.41, 5.74) is 1.21. The van der Waals surface area contributed by atoms with Crippen molar-refractivity contribution in [3.63, 3.8) is 0 Å². The van der Waals surface area contributed by atoms with Crippen molar-refractivity contribution in [1.82, 2.24) is 9.80 Å². The average Bonchev–Trinajstić information content (AvgIpc) is 2.87. The summed E-state index contributed by atoms with van der Waals surface area (Å²) >= 11 is 0. The van der Waals surface area contributed by atoms with E-state index < -0.39 is 17.4 Å². The highest BCUT2D eigenvalue weighted by Crippen LogP contribution is 2.43. The Balaban J connectivity index is 1.69. The maximum Gasteiger partial charge on any atom is 0.309 e. The molecule has 0 aliphatic carbocycles. The van der Waals surface area contributed by atoms with Crippen LogP contribution in [0.4, 0.5) is 0 Å². The molecule has 2 heterocycles. The molecule has 1 spiro atoms. The first-order chi connectivity index (χ1) is 12.7. The van der Waals surface area contributed by atoms with E-state index in [1.807, 2.05) is 24.3 Å². The Morgan fingerprint density at radius 1 is 1.19 bits per heavy atom. The van der Waals surface area contributed by atoms with Gasteiger partial charge in [0.25, 0.3) is 5.91 Å². The van der Waals surface area contributed by atoms with Crippen LogP contribution in [0.25, 0.3) is 0 Å². The molecule has 0 saturated carbocycles. The number of rotatable bonds is 4. The molecule has 2 amide bonds. The molecule has 1 N–H and O–H groups in total. The molecule has 2 saturated heterocycles. The zero-order valence-corrected chi connectivity index (χ0v) is 16.3. The number of piperidine rings is 1. The lowest BCUT2D eigenvalue weighted by atomic mass is 9.77. The van der Waals surface area contributed by atoms with Crippen LogP contribution in [-0.2, 0) is 16.0 Å². The number of benzene rings is 1. The van der Waals surface area contributed by atoms with E-state index in [0.29, 0.717) is 37.4 Å². The number of likely N-dealkylation sites (tertiary alicyclic amines) is 2. The van der Waals surface area contributed by atoms with E-state index in [1.165, 1.54) is 5.56 Å². The number of hydrogen-bond acceptors (Lipinski definition) is 3. The standard InChI is InChI=1S/C21H28N2O4/c1-14(2)12-15-4-6-16(7-5-15)19(25)23-10-8-21(9-11-23)17(20(26)27)13-18(24)22(21)3/h4-7,14,17H,8-13H2,1-3H3,(H,26,27). The van der Waals surface area contributed by atoms with E-state index in [9.17, 15) is 19.5 Å². The van der Waals surface area contributed by atoms with Gasteiger partial charge in [0.1, 0.15) is 0 Å². The number of amides is 2. The van der Waals surface area contributed by atoms with Crippen molar-refractivity contribution in [3.05, 3.63) is 35.4 Å². The summed E-state index contributed by atoms with van der Waals surface area (Å²) in [6.07, 6.45) is 2.04. The van der Waals surface area contributed by atoms with E-state index in [-0.39, 0.29) is 18.2 Å². The van der Waals surface area contributed by atoms with Gasteiger partial charge < -0.3 is 14.9 Å². The summed E-state index contributed by atoms with van der Waals surface area (Å²) in [4.78, 5) is 39.9. The maximum absolute atomic E-state index is 12.8. The summed E-state index contributed by atoms with van der Waals surface area (Å²) in [6.45, 7) is 5.26. The molecule has 6 heteroatoms. The normalized spacial score (nSPS) is 21.9. The molecule has 2 fully saturated rings. The van der Waals surface area contributed by atoms with Gasteiger partial charge in [-0.15, -0.1) is 0 Å². The summed E-state index contributed by atoms with van der Waals surface area (Å²) in [6, 6.07) is 7.75. The summed E-state index contributed by atoms with van der Waals surface area (Å²) in [7, 11) is 1.69. The first-order valence-corrected chi connectivity index (χ1v) is 9.62. The first kappa shape index (κ1) is 19.4. The molecule has 0 bridgehead atoms. The fourth-order valence-electron chi connectivity index (χ4n) is 4.52. The van der Waals surface area contributed by atoms with Gasteiger partial charge in [0.2, 0.25) is 5.91 Å². The molecular weight excluding hydrogens is 344 g/mol. The largest absolute Gasteiger partial charge is 0.481 e. The van der Waals surface area contributed by atoms with E-state index in [1.54, 1.807) is 16.8 Å². The quantitative estimate of drug-likeness (QED) is 0.880. The Morgan fingerprint density at radius 3 is 2.30 bits per heavy atom. The second-order valence-corrected chi connectivity index (χ2v) is 8.24. The van der Waals surface area contributed by atoms with Gasteiger partial charge in [-0.1, -0.05) is 26.0 Å². The van der Waals surface area contributed by atoms with Crippen molar-refractivity contribution in [2.75, 3.05) is 20.1 Å². The lowest BCUT2D eigenvalue weighted by Gasteiger charge is -2.45. The van der Waals surface area contributed by atoms with Crippen molar-refractivity contribution >= 4 is 17.8 Å². The number of hydrogen-bond donors (Lipinski definition) is 1. The third-order valence-corrected chi connectivity index (χ3v) is 6.13. The van der Waals surface area contributed by atoms with Crippen LogP contribution >= 0.6 is 0 Å². The van der Waals surface area contributed by atoms with Gasteiger partial charge >= 0.3 is 5.97 Å². The van der Waals surface area contributed by atoms with Crippen molar-refractivity contribution in [2.24, 2.45) is 11.8 Å². The number of carbonyl (C=O) groups excluding carboxylic acids is 2. The molecular formula is C21H28N2O4. The molecule has 1 aromatic rings. The predicted molar refractivity (Wildman–Crippen MR) is 101 cm³/mol. The minimum absolute atomic E-state index is 0.0280. The Morgan fingerprint density at radius 2 is 1.78 bits per heavy atom. The van der Waals surface area contributed by atoms with Crippen LogP contribution in [0, 0.1) is 11.8 Å². The fourth-order valence-corrected chi connectivity index (χ4v) is 4.52. The van der Waals surface area contributed by atoms with Gasteiger partial charge in [0.15, 0.2) is 0 Å². The third-order valence-electron chi connectivity index (χ3n) is 6.13. The first-order valence-electron chi connectivity index (χ1n) is 9.62. The Hall–Kier alpha value is -2.37. The van der Waals surface area contributed by atoms with Crippen LogP contribution in [0.2, 0.25) is 0 Å². The molecule has 1 unspecified atom stereocenters. The van der Waals surface area contributed by atoms with Crippen molar-refractivity contribution in [1.29, 1.82) is 0 Å². The second kappa shape index (κ2) is 7.33. The number of carbonyl (C=O) groups is 3. The summed E-state index contributed by atoms with van der Waals surface area (Å²) < 4.78 is 0. The van der Waals surface area contributed by atoms with E-state index >= 15 is 0 Å². The molecule has 6 nitrogen and oxygen atoms in total. The summed E-state index contributed by atoms with van der Waals surface area (Å²) in [5, 5.41) is 9.55. The molecule has 1 atom stereocenters. The van der Waals surface area contributed by atoms with Crippen LogP contribution in [0.5, 0.6) is 0 Å². The highest BCUT2D eigenvalue weighted by molar-refractivity contribution is 5.94. The minimum atomic E-state index is -0.923. The van der Waals surface area contributed by atoms with Crippen molar-refractivity contribution in [2.45, 2.75) is 45.1 Å². The molecule has 146 valence electrons. The van der Waals surface area contributed by atoms with Crippen LogP contribution in [0.1, 0.15) is 49.0 Å². The average molecular weight is 372 g/mol. The molecule has 0 aromatic heterocycles. The molecule has 3 rings (SSSR count). The zero-order chi connectivity index (χ0) is 19.8. The molecule has 27 heavy (non-hydrogen) atoms. The van der Waals surface area contributed by atoms with Crippen LogP contribution in [0.3, 0.4) is 0 Å². The van der Waals surface area contributed by atoms with E-state index in [2.05, 4.69) is 13.8 Å². The van der Waals surface area contributed by atoms with Crippen molar-refractivity contribution < 1.29 is 19.5 Å². The Kier molecular flexibility index (Phi) is 5.27. The SMILES string of the molecule is CC(C)Cc1ccc(C(=O)N2CCC3(CC2)C(C(=O)O)CC(=O)N3C)cc1. The molecule has 0 radical (unpaired) electrons. The van der Waals surface area contributed by atoms with Crippen LogP contribution in [-0.4, -0.2) is 58.4 Å². The predicted octanol–water partition coefficient (Wildman–Crippen LogP) is 2.42. The number of aliphatic carboxylic acids is 1. The highest BCUT2D eigenvalue weighted by Gasteiger charge is 2.55. The fraction of sp³-hybridized carbons (Fsp3) is 0.571. The number of carboxylic acids is 1. The van der Waals surface area contributed by atoms with Gasteiger partial charge in [-0.25, -0.2) is 0 Å². The van der Waals surface area contributed by atoms with Crippen molar-refractivity contribution in [3.8, 4) is 0 Å². The van der Waals surface area contributed by atoms with Gasteiger partial charge in [-0.05, 0) is 42.9 Å². The monoisotopic (exact) mass is 372 g/mol. The zero-order valence-electron chi connectivity index (χ0n) is 16.3. The Labute approximate surface area is 160 Å². The van der Waals surface area contributed by atoms with E-state index in [4.69, 9.17) is 0 Å². The second-order valence-electron chi connectivity index (χ2n) is 8.24. The smallest absolute Gasteiger partial charge is 0.309 e. The summed E-state index contributed by atoms with van der Waals surface area (Å²) in [5.74, 6) is -1.20. The molecule has 2 aliphatic heterocycles. The lowest BCUT2D eigenvalue weighted by molar-refractivity contribution is -0.145. The van der Waals surface area contributed by atoms with Crippen LogP contribution < -0.4 is 0 Å². The number of nitrogens with zero attached hydrogens (tertiary/aromatic N) is 2. The topological polar surface area (TPSA) is 77.9 Å². The van der Waals surface area contributed by atoms with Gasteiger partial charge in [0.05, 0.1) is 11.5 Å². The van der Waals surface area contributed by atoms with Gasteiger partial charge in [-0.3, -0.25) is 14.4 Å². The maximum atomic E-state index is 12.8. The Bertz CT molecular complexity index is 733. The van der Waals surface area contributed by atoms with Crippen LogP contribution in [0.15, 0.2) is 24.3 Å². The number of carboxylic acid groups (broad SMARTS) is 1.